The molecule has 0 N–H and O–H groups in total. The van der Waals surface area contributed by atoms with Gasteiger partial charge in [-0.3, -0.25) is 0 Å². The average Bonchev–Trinajstić information content (AvgIpc) is 3.83. The third kappa shape index (κ3) is 5.56. The molecule has 2 aliphatic rings. The van der Waals surface area contributed by atoms with E-state index in [0.29, 0.717) is 0 Å². The summed E-state index contributed by atoms with van der Waals surface area (Å²) in [6, 6.07) is 45.1. The molecule has 6 aromatic rings. The summed E-state index contributed by atoms with van der Waals surface area (Å²) in [7, 11) is 0. The molecule has 0 radical (unpaired) electrons. The molecule has 0 aliphatic heterocycles. The molecule has 0 amide bonds. The quantitative estimate of drug-likeness (QED) is 0.0949. The Morgan fingerprint density at radius 1 is 0.620 bits per heavy atom. The second-order valence-electron chi connectivity index (χ2n) is 14.3. The summed E-state index contributed by atoms with van der Waals surface area (Å²) >= 11 is -5.03. The Morgan fingerprint density at radius 3 is 1.80 bits per heavy atom. The molecule has 3 heteroatoms. The third-order valence-electron chi connectivity index (χ3n) is 11.7. The van der Waals surface area contributed by atoms with Crippen molar-refractivity contribution in [1.82, 2.24) is 0 Å². The second-order valence-corrected chi connectivity index (χ2v) is 33.2. The maximum atomic E-state index is 5.79. The van der Waals surface area contributed by atoms with Crippen LogP contribution in [0, 0.1) is 0 Å². The number of aryl methyl sites for hydroxylation is 2. The van der Waals surface area contributed by atoms with Crippen molar-refractivity contribution in [3.63, 3.8) is 0 Å². The molecule has 0 bridgehead atoms. The number of halogens is 2. The van der Waals surface area contributed by atoms with Gasteiger partial charge in [0.05, 0.1) is 0 Å². The SMILES string of the molecule is Cl.Cl.[CH2]=[Hf]([C]1=CC=CC1)([c]1ccc(CCCC)cc1)([c]1ccc(CCCC)cc1)[c]1cccc2c1c1c(c3ccccc32)-c2ccccc2C1. The summed E-state index contributed by atoms with van der Waals surface area (Å²) in [5, 5.41) is 5.53. The summed E-state index contributed by atoms with van der Waals surface area (Å²) in [4.78, 5) is 0. The first-order chi connectivity index (χ1) is 23.6. The zero-order valence-corrected chi connectivity index (χ0v) is 34.6. The van der Waals surface area contributed by atoms with E-state index in [-0.39, 0.29) is 24.8 Å². The topological polar surface area (TPSA) is 0 Å². The van der Waals surface area contributed by atoms with Crippen LogP contribution in [0.1, 0.15) is 68.2 Å². The van der Waals surface area contributed by atoms with Crippen LogP contribution in [0.5, 0.6) is 0 Å². The number of hydrogen-bond acceptors (Lipinski definition) is 0. The van der Waals surface area contributed by atoms with Crippen LogP contribution >= 0.6 is 24.8 Å². The molecule has 0 fully saturated rings. The van der Waals surface area contributed by atoms with E-state index in [0.717, 1.165) is 25.7 Å². The zero-order chi connectivity index (χ0) is 32.7. The van der Waals surface area contributed by atoms with Crippen LogP contribution in [-0.2, 0) is 37.3 Å². The Balaban J connectivity index is 0.00000216. The van der Waals surface area contributed by atoms with Crippen LogP contribution in [-0.4, -0.2) is 4.26 Å². The predicted octanol–water partition coefficient (Wildman–Crippen LogP) is 11.3. The number of hydrogen-bond donors (Lipinski definition) is 0. The van der Waals surface area contributed by atoms with Gasteiger partial charge in [0.25, 0.3) is 0 Å². The number of unbranched alkanes of at least 4 members (excludes halogenated alkanes) is 2. The normalized spacial score (nSPS) is 13.5. The van der Waals surface area contributed by atoms with Crippen molar-refractivity contribution in [2.24, 2.45) is 0 Å². The van der Waals surface area contributed by atoms with Gasteiger partial charge >= 0.3 is 289 Å². The number of allylic oxidation sites excluding steroid dienone is 4. The molecule has 0 unspecified atom stereocenters. The Kier molecular flexibility index (Phi) is 10.7. The predicted molar refractivity (Wildman–Crippen MR) is 222 cm³/mol. The van der Waals surface area contributed by atoms with Gasteiger partial charge in [0, 0.05) is 0 Å². The van der Waals surface area contributed by atoms with Crippen molar-refractivity contribution >= 4 is 60.6 Å². The van der Waals surface area contributed by atoms with E-state index in [4.69, 9.17) is 4.26 Å². The molecule has 0 saturated carbocycles. The van der Waals surface area contributed by atoms with Crippen LogP contribution in [0.25, 0.3) is 32.7 Å². The fraction of sp³-hybridized carbons (Fsp3) is 0.213. The van der Waals surface area contributed by atoms with E-state index < -0.39 is 18.0 Å². The number of rotatable bonds is 10. The van der Waals surface area contributed by atoms with E-state index >= 15 is 0 Å². The first kappa shape index (κ1) is 36.4. The summed E-state index contributed by atoms with van der Waals surface area (Å²) in [6.07, 6.45) is 16.1. The fourth-order valence-electron chi connectivity index (χ4n) is 9.10. The van der Waals surface area contributed by atoms with Crippen LogP contribution in [0.15, 0.2) is 137 Å². The molecule has 50 heavy (non-hydrogen) atoms. The van der Waals surface area contributed by atoms with Crippen molar-refractivity contribution < 1.29 is 18.0 Å². The van der Waals surface area contributed by atoms with Gasteiger partial charge in [-0.15, -0.1) is 24.8 Å². The van der Waals surface area contributed by atoms with Gasteiger partial charge in [0.2, 0.25) is 0 Å². The van der Waals surface area contributed by atoms with E-state index in [1.807, 2.05) is 0 Å². The van der Waals surface area contributed by atoms with Gasteiger partial charge in [0.1, 0.15) is 0 Å². The summed E-state index contributed by atoms with van der Waals surface area (Å²) < 4.78 is 11.7. The Morgan fingerprint density at radius 2 is 1.20 bits per heavy atom. The molecule has 2 aliphatic carbocycles. The van der Waals surface area contributed by atoms with Crippen molar-refractivity contribution in [2.45, 2.75) is 65.2 Å². The average molecular weight is 862 g/mol. The molecule has 0 aromatic heterocycles. The molecule has 0 saturated heterocycles. The van der Waals surface area contributed by atoms with Crippen LogP contribution in [0.4, 0.5) is 0 Å². The van der Waals surface area contributed by atoms with Crippen molar-refractivity contribution in [2.75, 3.05) is 0 Å². The minimum atomic E-state index is -5.03. The van der Waals surface area contributed by atoms with Crippen LogP contribution in [0.3, 0.4) is 0 Å². The molecule has 8 rings (SSSR count). The third-order valence-corrected chi connectivity index (χ3v) is 35.4. The van der Waals surface area contributed by atoms with Gasteiger partial charge < -0.3 is 0 Å². The second kappa shape index (κ2) is 14.7. The fourth-order valence-corrected chi connectivity index (χ4v) is 31.3. The Hall–Kier alpha value is -3.36. The monoisotopic (exact) mass is 862 g/mol. The Bertz CT molecular complexity index is 2250. The maximum absolute atomic E-state index is 5.79. The first-order valence-corrected chi connectivity index (χ1v) is 27.9. The van der Waals surface area contributed by atoms with E-state index in [1.165, 1.54) is 90.6 Å². The molecule has 6 aromatic carbocycles. The standard InChI is InChI=1S/C21H13.2C10H13.C5H5.CH2.2ClH.Hf/c1-2-8-15-14(7-1)13-20-18-11-4-3-9-16(18)17-10-5-6-12-19(17)21(15)20;2*1-2-3-7-10-8-5-4-6-9-10;1-2-4-5-3-1;;;;/h1-10,12H,13H2;2*5-6,8-9H,2-3,7H2,1H3;1-3H,4H2;1H2;2*1H;. The zero-order valence-electron chi connectivity index (χ0n) is 29.4. The molecule has 0 nitrogen and oxygen atoms in total. The summed E-state index contributed by atoms with van der Waals surface area (Å²) in [5.41, 5.74) is 8.59. The first-order valence-electron chi connectivity index (χ1n) is 18.2. The van der Waals surface area contributed by atoms with Crippen molar-refractivity contribution in [3.05, 3.63) is 159 Å². The van der Waals surface area contributed by atoms with Gasteiger partial charge in [-0.25, -0.2) is 0 Å². The number of fused-ring (bicyclic) bond motifs is 8. The van der Waals surface area contributed by atoms with Crippen LogP contribution < -0.4 is 9.96 Å². The minimum absolute atomic E-state index is 0. The molecule has 254 valence electrons. The molecule has 0 heterocycles. The van der Waals surface area contributed by atoms with E-state index in [2.05, 4.69) is 147 Å². The van der Waals surface area contributed by atoms with E-state index in [1.54, 1.807) is 3.33 Å². The molecular weight excluding hydrogens is 814 g/mol. The van der Waals surface area contributed by atoms with E-state index in [9.17, 15) is 0 Å². The molecular formula is C47H48Cl2Hf. The van der Waals surface area contributed by atoms with Crippen molar-refractivity contribution in [1.29, 1.82) is 0 Å². The van der Waals surface area contributed by atoms with Gasteiger partial charge in [-0.05, 0) is 0 Å². The van der Waals surface area contributed by atoms with Crippen LogP contribution in [0.2, 0.25) is 0 Å². The van der Waals surface area contributed by atoms with Gasteiger partial charge in [-0.1, -0.05) is 0 Å². The molecule has 0 atom stereocenters. The summed E-state index contributed by atoms with van der Waals surface area (Å²) in [5.74, 6) is 0. The molecule has 0 spiro atoms. The van der Waals surface area contributed by atoms with Gasteiger partial charge in [-0.2, -0.15) is 0 Å². The Labute approximate surface area is 311 Å². The van der Waals surface area contributed by atoms with Crippen molar-refractivity contribution in [3.8, 4) is 11.1 Å². The summed E-state index contributed by atoms with van der Waals surface area (Å²) in [6.45, 7) is 4.57. The van der Waals surface area contributed by atoms with Gasteiger partial charge in [0.15, 0.2) is 0 Å². The number of benzene rings is 6.